The smallest absolute Gasteiger partial charge is 0.227 e. The lowest BCUT2D eigenvalue weighted by Crippen LogP contribution is -2.41. The minimum absolute atomic E-state index is 0.257. The van der Waals surface area contributed by atoms with Crippen LogP contribution in [0.3, 0.4) is 0 Å². The molecule has 1 amide bonds. The van der Waals surface area contributed by atoms with Gasteiger partial charge in [-0.3, -0.25) is 4.79 Å². The summed E-state index contributed by atoms with van der Waals surface area (Å²) in [4.78, 5) is 18.8. The van der Waals surface area contributed by atoms with Gasteiger partial charge in [0.2, 0.25) is 5.91 Å². The number of aryl methyl sites for hydroxylation is 2. The molecule has 4 heteroatoms. The number of fused-ring (bicyclic) bond motifs is 1. The predicted octanol–water partition coefficient (Wildman–Crippen LogP) is 2.78. The van der Waals surface area contributed by atoms with E-state index < -0.39 is 0 Å². The fraction of sp³-hybridized carbons (Fsp3) is 0.474. The Bertz CT molecular complexity index is 693. The SMILES string of the molecule is O=C(Cc1ccc2c(c1)CCC2)N1CCC[C@H](n2ccnc2)C1. The number of rotatable bonds is 3. The molecule has 0 bridgehead atoms. The average Bonchev–Trinajstić information content (AvgIpc) is 3.26. The molecule has 0 spiro atoms. The molecule has 1 fully saturated rings. The van der Waals surface area contributed by atoms with Crippen LogP contribution < -0.4 is 0 Å². The number of hydrogen-bond acceptors (Lipinski definition) is 2. The number of imidazole rings is 1. The molecule has 120 valence electrons. The summed E-state index contributed by atoms with van der Waals surface area (Å²) in [5.74, 6) is 0.257. The van der Waals surface area contributed by atoms with E-state index in [1.54, 1.807) is 0 Å². The lowest BCUT2D eigenvalue weighted by atomic mass is 10.0. The normalized spacial score (nSPS) is 20.5. The van der Waals surface area contributed by atoms with Crippen LogP contribution in [0.1, 0.15) is 42.0 Å². The summed E-state index contributed by atoms with van der Waals surface area (Å²) in [6, 6.07) is 6.97. The molecular formula is C19H23N3O. The van der Waals surface area contributed by atoms with Gasteiger partial charge >= 0.3 is 0 Å². The maximum Gasteiger partial charge on any atom is 0.227 e. The number of piperidine rings is 1. The molecule has 2 aliphatic rings. The molecule has 4 rings (SSSR count). The van der Waals surface area contributed by atoms with Gasteiger partial charge in [-0.05, 0) is 48.8 Å². The van der Waals surface area contributed by atoms with Crippen molar-refractivity contribution in [3.05, 3.63) is 53.6 Å². The maximum absolute atomic E-state index is 12.7. The average molecular weight is 309 g/mol. The summed E-state index contributed by atoms with van der Waals surface area (Å²) < 4.78 is 2.13. The highest BCUT2D eigenvalue weighted by Crippen LogP contribution is 2.24. The molecule has 1 aliphatic carbocycles. The van der Waals surface area contributed by atoms with E-state index in [1.165, 1.54) is 36.0 Å². The number of amides is 1. The van der Waals surface area contributed by atoms with Crippen LogP contribution in [0.25, 0.3) is 0 Å². The Morgan fingerprint density at radius 1 is 1.22 bits per heavy atom. The van der Waals surface area contributed by atoms with Crippen molar-refractivity contribution in [2.75, 3.05) is 13.1 Å². The van der Waals surface area contributed by atoms with Gasteiger partial charge < -0.3 is 9.47 Å². The second-order valence-electron chi connectivity index (χ2n) is 6.78. The van der Waals surface area contributed by atoms with Crippen molar-refractivity contribution in [2.24, 2.45) is 0 Å². The lowest BCUT2D eigenvalue weighted by molar-refractivity contribution is -0.132. The molecule has 0 unspecified atom stereocenters. The van der Waals surface area contributed by atoms with E-state index in [0.717, 1.165) is 25.9 Å². The number of carbonyl (C=O) groups is 1. The predicted molar refractivity (Wildman–Crippen MR) is 89.2 cm³/mol. The van der Waals surface area contributed by atoms with Crippen molar-refractivity contribution >= 4 is 5.91 Å². The minimum atomic E-state index is 0.257. The molecule has 2 heterocycles. The Kier molecular flexibility index (Phi) is 3.90. The van der Waals surface area contributed by atoms with Crippen molar-refractivity contribution in [3.63, 3.8) is 0 Å². The Hall–Kier alpha value is -2.10. The van der Waals surface area contributed by atoms with E-state index >= 15 is 0 Å². The Morgan fingerprint density at radius 3 is 3.00 bits per heavy atom. The van der Waals surface area contributed by atoms with Gasteiger partial charge in [-0.25, -0.2) is 4.98 Å². The van der Waals surface area contributed by atoms with Crippen LogP contribution in [0.5, 0.6) is 0 Å². The fourth-order valence-corrected chi connectivity index (χ4v) is 3.93. The van der Waals surface area contributed by atoms with Gasteiger partial charge in [-0.2, -0.15) is 0 Å². The summed E-state index contributed by atoms with van der Waals surface area (Å²) in [5, 5.41) is 0. The van der Waals surface area contributed by atoms with E-state index in [4.69, 9.17) is 0 Å². The molecule has 2 aromatic rings. The van der Waals surface area contributed by atoms with Crippen molar-refractivity contribution in [3.8, 4) is 0 Å². The first-order chi connectivity index (χ1) is 11.3. The number of aromatic nitrogens is 2. The maximum atomic E-state index is 12.7. The van der Waals surface area contributed by atoms with Crippen LogP contribution in [0.4, 0.5) is 0 Å². The van der Waals surface area contributed by atoms with Crippen LogP contribution in [0.15, 0.2) is 36.9 Å². The molecule has 1 atom stereocenters. The summed E-state index contributed by atoms with van der Waals surface area (Å²) in [6.07, 6.45) is 12.0. The molecule has 0 saturated carbocycles. The van der Waals surface area contributed by atoms with Crippen LogP contribution >= 0.6 is 0 Å². The van der Waals surface area contributed by atoms with Crippen molar-refractivity contribution in [1.82, 2.24) is 14.5 Å². The van der Waals surface area contributed by atoms with E-state index in [1.807, 2.05) is 23.6 Å². The van der Waals surface area contributed by atoms with Crippen molar-refractivity contribution in [2.45, 2.75) is 44.6 Å². The molecule has 1 aromatic heterocycles. The van der Waals surface area contributed by atoms with Gasteiger partial charge in [0.25, 0.3) is 0 Å². The summed E-state index contributed by atoms with van der Waals surface area (Å²) >= 11 is 0. The molecule has 1 aromatic carbocycles. The van der Waals surface area contributed by atoms with Crippen LogP contribution in [-0.4, -0.2) is 33.4 Å². The lowest BCUT2D eigenvalue weighted by Gasteiger charge is -2.33. The van der Waals surface area contributed by atoms with Gasteiger partial charge in [0.15, 0.2) is 0 Å². The highest BCUT2D eigenvalue weighted by molar-refractivity contribution is 5.79. The molecule has 0 radical (unpaired) electrons. The zero-order chi connectivity index (χ0) is 15.6. The number of likely N-dealkylation sites (tertiary alicyclic amines) is 1. The van der Waals surface area contributed by atoms with Crippen molar-refractivity contribution in [1.29, 1.82) is 0 Å². The molecule has 1 saturated heterocycles. The summed E-state index contributed by atoms with van der Waals surface area (Å²) in [5.41, 5.74) is 4.09. The second kappa shape index (κ2) is 6.19. The Labute approximate surface area is 137 Å². The van der Waals surface area contributed by atoms with E-state index in [0.29, 0.717) is 12.5 Å². The third-order valence-electron chi connectivity index (χ3n) is 5.21. The molecule has 23 heavy (non-hydrogen) atoms. The first kappa shape index (κ1) is 14.5. The van der Waals surface area contributed by atoms with Gasteiger partial charge in [-0.15, -0.1) is 0 Å². The number of carbonyl (C=O) groups excluding carboxylic acids is 1. The van der Waals surface area contributed by atoms with E-state index in [9.17, 15) is 4.79 Å². The monoisotopic (exact) mass is 309 g/mol. The Morgan fingerprint density at radius 2 is 2.13 bits per heavy atom. The topological polar surface area (TPSA) is 38.1 Å². The highest BCUT2D eigenvalue weighted by Gasteiger charge is 2.24. The quantitative estimate of drug-likeness (QED) is 0.874. The molecule has 1 aliphatic heterocycles. The number of hydrogen-bond donors (Lipinski definition) is 0. The van der Waals surface area contributed by atoms with Crippen LogP contribution in [-0.2, 0) is 24.1 Å². The zero-order valence-electron chi connectivity index (χ0n) is 13.4. The zero-order valence-corrected chi connectivity index (χ0v) is 13.4. The first-order valence-corrected chi connectivity index (χ1v) is 8.65. The number of nitrogens with zero attached hydrogens (tertiary/aromatic N) is 3. The second-order valence-corrected chi connectivity index (χ2v) is 6.78. The van der Waals surface area contributed by atoms with E-state index in [2.05, 4.69) is 27.8 Å². The van der Waals surface area contributed by atoms with Crippen molar-refractivity contribution < 1.29 is 4.79 Å². The molecular weight excluding hydrogens is 286 g/mol. The standard InChI is InChI=1S/C19H23N3O/c23-19(12-15-6-7-16-3-1-4-17(16)11-15)21-9-2-5-18(13-21)22-10-8-20-14-22/h6-8,10-11,14,18H,1-5,9,12-13H2/t18-/m0/s1. The fourth-order valence-electron chi connectivity index (χ4n) is 3.93. The number of benzene rings is 1. The summed E-state index contributed by atoms with van der Waals surface area (Å²) in [6.45, 7) is 1.69. The summed E-state index contributed by atoms with van der Waals surface area (Å²) in [7, 11) is 0. The van der Waals surface area contributed by atoms with Crippen LogP contribution in [0.2, 0.25) is 0 Å². The third-order valence-corrected chi connectivity index (χ3v) is 5.21. The largest absolute Gasteiger partial charge is 0.340 e. The van der Waals surface area contributed by atoms with Gasteiger partial charge in [0, 0.05) is 25.5 Å². The van der Waals surface area contributed by atoms with Gasteiger partial charge in [0.1, 0.15) is 0 Å². The third kappa shape index (κ3) is 3.03. The Balaban J connectivity index is 1.42. The van der Waals surface area contributed by atoms with Gasteiger partial charge in [0.05, 0.1) is 18.8 Å². The molecule has 0 N–H and O–H groups in total. The molecule has 4 nitrogen and oxygen atoms in total. The van der Waals surface area contributed by atoms with Gasteiger partial charge in [-0.1, -0.05) is 18.2 Å². The van der Waals surface area contributed by atoms with Crippen LogP contribution in [0, 0.1) is 0 Å². The van der Waals surface area contributed by atoms with E-state index in [-0.39, 0.29) is 5.91 Å². The minimum Gasteiger partial charge on any atom is -0.340 e. The first-order valence-electron chi connectivity index (χ1n) is 8.65. The highest BCUT2D eigenvalue weighted by atomic mass is 16.2.